The minimum absolute atomic E-state index is 0.00328. The van der Waals surface area contributed by atoms with Crippen molar-refractivity contribution in [2.24, 2.45) is 5.73 Å². The second-order valence-corrected chi connectivity index (χ2v) is 5.88. The van der Waals surface area contributed by atoms with E-state index in [0.29, 0.717) is 37.8 Å². The highest BCUT2D eigenvalue weighted by atomic mass is 19.4. The zero-order valence-electron chi connectivity index (χ0n) is 12.5. The number of hydrogen-bond acceptors (Lipinski definition) is 2. The highest BCUT2D eigenvalue weighted by Crippen LogP contribution is 2.36. The lowest BCUT2D eigenvalue weighted by molar-refractivity contribution is -0.143. The SMILES string of the molecule is N[C@H]1CC[C@@H](NC(=O)c2cc(C(F)(F)F)cc(C(F)(F)F)c2)CC1. The third-order valence-corrected chi connectivity index (χ3v) is 3.96. The molecule has 1 saturated carbocycles. The lowest BCUT2D eigenvalue weighted by Gasteiger charge is -2.27. The van der Waals surface area contributed by atoms with Crippen molar-refractivity contribution >= 4 is 5.91 Å². The largest absolute Gasteiger partial charge is 0.416 e. The number of hydrogen-bond donors (Lipinski definition) is 2. The van der Waals surface area contributed by atoms with Gasteiger partial charge in [-0.1, -0.05) is 0 Å². The van der Waals surface area contributed by atoms with E-state index in [1.807, 2.05) is 0 Å². The topological polar surface area (TPSA) is 55.1 Å². The molecule has 2 rings (SSSR count). The fourth-order valence-corrected chi connectivity index (χ4v) is 2.62. The van der Waals surface area contributed by atoms with Crippen LogP contribution in [-0.4, -0.2) is 18.0 Å². The summed E-state index contributed by atoms with van der Waals surface area (Å²) in [5, 5.41) is 2.48. The van der Waals surface area contributed by atoms with E-state index >= 15 is 0 Å². The molecule has 1 aliphatic rings. The second kappa shape index (κ2) is 6.62. The predicted octanol–water partition coefficient (Wildman–Crippen LogP) is 3.72. The first-order valence-corrected chi connectivity index (χ1v) is 7.33. The maximum absolute atomic E-state index is 12.8. The summed E-state index contributed by atoms with van der Waals surface area (Å²) in [6.45, 7) is 0. The van der Waals surface area contributed by atoms with Crippen molar-refractivity contribution in [2.45, 2.75) is 50.1 Å². The van der Waals surface area contributed by atoms with Gasteiger partial charge in [-0.25, -0.2) is 0 Å². The molecule has 1 aromatic rings. The van der Waals surface area contributed by atoms with Gasteiger partial charge in [-0.05, 0) is 43.9 Å². The summed E-state index contributed by atoms with van der Waals surface area (Å²) in [6, 6.07) is 0.555. The number of amides is 1. The maximum Gasteiger partial charge on any atom is 0.416 e. The molecule has 1 amide bonds. The van der Waals surface area contributed by atoms with E-state index in [4.69, 9.17) is 5.73 Å². The second-order valence-electron chi connectivity index (χ2n) is 5.88. The van der Waals surface area contributed by atoms with Gasteiger partial charge in [0.25, 0.3) is 5.91 Å². The molecule has 1 aromatic carbocycles. The molecular formula is C15H16F6N2O. The fourth-order valence-electron chi connectivity index (χ4n) is 2.62. The van der Waals surface area contributed by atoms with Crippen LogP contribution in [0.15, 0.2) is 18.2 Å². The molecule has 0 radical (unpaired) electrons. The summed E-state index contributed by atoms with van der Waals surface area (Å²) < 4.78 is 76.7. The summed E-state index contributed by atoms with van der Waals surface area (Å²) in [7, 11) is 0. The molecule has 24 heavy (non-hydrogen) atoms. The molecule has 0 bridgehead atoms. The summed E-state index contributed by atoms with van der Waals surface area (Å²) >= 11 is 0. The molecule has 134 valence electrons. The number of carbonyl (C=O) groups excluding carboxylic acids is 1. The monoisotopic (exact) mass is 354 g/mol. The summed E-state index contributed by atoms with van der Waals surface area (Å²) in [5.41, 5.74) is 2.04. The minimum atomic E-state index is -4.98. The minimum Gasteiger partial charge on any atom is -0.349 e. The molecule has 0 atom stereocenters. The predicted molar refractivity (Wildman–Crippen MR) is 74.1 cm³/mol. The van der Waals surface area contributed by atoms with E-state index in [1.165, 1.54) is 0 Å². The molecule has 0 heterocycles. The average Bonchev–Trinajstić information content (AvgIpc) is 2.47. The van der Waals surface area contributed by atoms with Gasteiger partial charge in [-0.3, -0.25) is 4.79 Å². The van der Waals surface area contributed by atoms with Gasteiger partial charge in [0.15, 0.2) is 0 Å². The molecule has 0 aliphatic heterocycles. The Bertz CT molecular complexity index is 571. The summed E-state index contributed by atoms with van der Waals surface area (Å²) in [6.07, 6.45) is -7.60. The molecule has 3 N–H and O–H groups in total. The van der Waals surface area contributed by atoms with Crippen molar-refractivity contribution in [3.05, 3.63) is 34.9 Å². The van der Waals surface area contributed by atoms with Crippen LogP contribution in [0.4, 0.5) is 26.3 Å². The van der Waals surface area contributed by atoms with E-state index in [0.717, 1.165) is 0 Å². The lowest BCUT2D eigenvalue weighted by Crippen LogP contribution is -2.40. The Morgan fingerprint density at radius 1 is 0.917 bits per heavy atom. The number of nitrogens with one attached hydrogen (secondary N) is 1. The van der Waals surface area contributed by atoms with Crippen molar-refractivity contribution in [3.63, 3.8) is 0 Å². The summed E-state index contributed by atoms with van der Waals surface area (Å²) in [5.74, 6) is -0.952. The Labute approximate surface area is 134 Å². The van der Waals surface area contributed by atoms with Crippen LogP contribution in [0, 0.1) is 0 Å². The third kappa shape index (κ3) is 4.62. The number of carbonyl (C=O) groups is 1. The smallest absolute Gasteiger partial charge is 0.349 e. The highest BCUT2D eigenvalue weighted by Gasteiger charge is 2.37. The molecule has 0 saturated heterocycles. The van der Waals surface area contributed by atoms with Gasteiger partial charge in [0, 0.05) is 17.6 Å². The highest BCUT2D eigenvalue weighted by molar-refractivity contribution is 5.94. The van der Waals surface area contributed by atoms with Gasteiger partial charge in [0.05, 0.1) is 11.1 Å². The van der Waals surface area contributed by atoms with E-state index in [1.54, 1.807) is 0 Å². The quantitative estimate of drug-likeness (QED) is 0.796. The molecule has 9 heteroatoms. The Kier molecular flexibility index (Phi) is 5.12. The van der Waals surface area contributed by atoms with Gasteiger partial charge in [0.2, 0.25) is 0 Å². The molecule has 1 aliphatic carbocycles. The zero-order chi connectivity index (χ0) is 18.1. The van der Waals surface area contributed by atoms with E-state index in [-0.39, 0.29) is 18.2 Å². The van der Waals surface area contributed by atoms with Gasteiger partial charge < -0.3 is 11.1 Å². The Hall–Kier alpha value is -1.77. The van der Waals surface area contributed by atoms with Crippen LogP contribution in [0.3, 0.4) is 0 Å². The Balaban J connectivity index is 2.26. The third-order valence-electron chi connectivity index (χ3n) is 3.96. The number of halogens is 6. The van der Waals surface area contributed by atoms with Crippen LogP contribution in [0.5, 0.6) is 0 Å². The van der Waals surface area contributed by atoms with Gasteiger partial charge in [0.1, 0.15) is 0 Å². The van der Waals surface area contributed by atoms with Crippen molar-refractivity contribution < 1.29 is 31.1 Å². The number of rotatable bonds is 2. The van der Waals surface area contributed by atoms with Crippen LogP contribution in [0.2, 0.25) is 0 Å². The number of benzene rings is 1. The molecule has 1 fully saturated rings. The summed E-state index contributed by atoms with van der Waals surface area (Å²) in [4.78, 5) is 12.1. The van der Waals surface area contributed by atoms with Crippen molar-refractivity contribution in [1.29, 1.82) is 0 Å². The van der Waals surface area contributed by atoms with Crippen LogP contribution >= 0.6 is 0 Å². The van der Waals surface area contributed by atoms with Crippen LogP contribution < -0.4 is 11.1 Å². The van der Waals surface area contributed by atoms with Crippen LogP contribution in [0.25, 0.3) is 0 Å². The first-order chi connectivity index (χ1) is 11.0. The van der Waals surface area contributed by atoms with Gasteiger partial charge >= 0.3 is 12.4 Å². The van der Waals surface area contributed by atoms with E-state index < -0.39 is 35.0 Å². The Morgan fingerprint density at radius 3 is 1.79 bits per heavy atom. The van der Waals surface area contributed by atoms with Crippen molar-refractivity contribution in [2.75, 3.05) is 0 Å². The lowest BCUT2D eigenvalue weighted by atomic mass is 9.91. The van der Waals surface area contributed by atoms with Gasteiger partial charge in [-0.15, -0.1) is 0 Å². The van der Waals surface area contributed by atoms with Crippen LogP contribution in [0.1, 0.15) is 47.2 Å². The van der Waals surface area contributed by atoms with Crippen molar-refractivity contribution in [1.82, 2.24) is 5.32 Å². The standard InChI is InChI=1S/C15H16F6N2O/c16-14(17,18)9-5-8(6-10(7-9)15(19,20)21)13(24)23-12-3-1-11(22)2-4-12/h5-7,11-12H,1-4,22H2,(H,23,24)/t11-,12+. The van der Waals surface area contributed by atoms with Crippen LogP contribution in [-0.2, 0) is 12.4 Å². The molecule has 0 unspecified atom stereocenters. The normalized spacial score (nSPS) is 22.3. The fraction of sp³-hybridized carbons (Fsp3) is 0.533. The van der Waals surface area contributed by atoms with E-state index in [9.17, 15) is 31.1 Å². The molecule has 0 aromatic heterocycles. The Morgan fingerprint density at radius 2 is 1.38 bits per heavy atom. The number of alkyl halides is 6. The first-order valence-electron chi connectivity index (χ1n) is 7.33. The zero-order valence-corrected chi connectivity index (χ0v) is 12.5. The van der Waals surface area contributed by atoms with Crippen molar-refractivity contribution in [3.8, 4) is 0 Å². The average molecular weight is 354 g/mol. The number of nitrogens with two attached hydrogens (primary N) is 1. The maximum atomic E-state index is 12.8. The molecule has 0 spiro atoms. The molecular weight excluding hydrogens is 338 g/mol. The van der Waals surface area contributed by atoms with Gasteiger partial charge in [-0.2, -0.15) is 26.3 Å². The first kappa shape index (κ1) is 18.6. The van der Waals surface area contributed by atoms with E-state index in [2.05, 4.69) is 5.32 Å². The molecule has 3 nitrogen and oxygen atoms in total.